The summed E-state index contributed by atoms with van der Waals surface area (Å²) in [4.78, 5) is 36.7. The van der Waals surface area contributed by atoms with E-state index in [-0.39, 0.29) is 11.8 Å². The molecule has 1 saturated heterocycles. The van der Waals surface area contributed by atoms with E-state index in [1.165, 1.54) is 4.90 Å². The fourth-order valence-electron chi connectivity index (χ4n) is 4.64. The molecule has 3 heterocycles. The van der Waals surface area contributed by atoms with Crippen LogP contribution in [0, 0.1) is 0 Å². The van der Waals surface area contributed by atoms with Crippen LogP contribution in [0.5, 0.6) is 0 Å². The maximum absolute atomic E-state index is 13.1. The molecule has 0 atom stereocenters. The van der Waals surface area contributed by atoms with Crippen molar-refractivity contribution in [2.45, 2.75) is 19.8 Å². The van der Waals surface area contributed by atoms with Crippen LogP contribution in [0.3, 0.4) is 0 Å². The van der Waals surface area contributed by atoms with Gasteiger partial charge >= 0.3 is 0 Å². The second-order valence-corrected chi connectivity index (χ2v) is 8.14. The zero-order valence-corrected chi connectivity index (χ0v) is 17.8. The molecule has 3 aromatic rings. The predicted molar refractivity (Wildman–Crippen MR) is 123 cm³/mol. The number of unbranched alkanes of at least 4 members (excludes halogenated alkanes) is 1. The standard InChI is InChI=1S/C25H26N4O2/c1-2-3-13-29-24(30)19-8-6-7-18-21(11-10-20(23(18)19)25(29)31)27-14-16-28(17-15-27)22-9-4-5-12-26-22/h4-12H,2-3,13-17H2,1H3. The molecule has 6 heteroatoms. The molecular weight excluding hydrogens is 388 g/mol. The van der Waals surface area contributed by atoms with Crippen LogP contribution >= 0.6 is 0 Å². The Labute approximate surface area is 182 Å². The van der Waals surface area contributed by atoms with Gasteiger partial charge in [-0.2, -0.15) is 0 Å². The van der Waals surface area contributed by atoms with Gasteiger partial charge in [-0.15, -0.1) is 0 Å². The maximum Gasteiger partial charge on any atom is 0.261 e. The minimum atomic E-state index is -0.173. The van der Waals surface area contributed by atoms with Gasteiger partial charge in [0.2, 0.25) is 0 Å². The highest BCUT2D eigenvalue weighted by molar-refractivity contribution is 6.26. The van der Waals surface area contributed by atoms with E-state index in [9.17, 15) is 9.59 Å². The summed E-state index contributed by atoms with van der Waals surface area (Å²) in [5.41, 5.74) is 2.36. The second kappa shape index (κ2) is 8.02. The number of piperazine rings is 1. The van der Waals surface area contributed by atoms with Crippen molar-refractivity contribution in [1.29, 1.82) is 0 Å². The first kappa shape index (κ1) is 19.5. The average Bonchev–Trinajstić information content (AvgIpc) is 2.83. The Hall–Kier alpha value is -3.41. The van der Waals surface area contributed by atoms with Crippen molar-refractivity contribution in [1.82, 2.24) is 9.88 Å². The lowest BCUT2D eigenvalue weighted by atomic mass is 9.92. The number of anilines is 2. The van der Waals surface area contributed by atoms with Crippen LogP contribution in [0.4, 0.5) is 11.5 Å². The summed E-state index contributed by atoms with van der Waals surface area (Å²) in [6.45, 7) is 6.01. The highest BCUT2D eigenvalue weighted by atomic mass is 16.2. The third-order valence-electron chi connectivity index (χ3n) is 6.30. The molecule has 2 amide bonds. The monoisotopic (exact) mass is 414 g/mol. The number of rotatable bonds is 5. The summed E-state index contributed by atoms with van der Waals surface area (Å²) in [6, 6.07) is 15.7. The number of pyridine rings is 1. The van der Waals surface area contributed by atoms with Crippen LogP contribution in [-0.2, 0) is 0 Å². The molecule has 0 aliphatic carbocycles. The lowest BCUT2D eigenvalue weighted by Gasteiger charge is -2.37. The summed E-state index contributed by atoms with van der Waals surface area (Å²) in [6.07, 6.45) is 3.59. The Morgan fingerprint density at radius 3 is 2.29 bits per heavy atom. The molecule has 0 radical (unpaired) electrons. The van der Waals surface area contributed by atoms with E-state index in [1.807, 2.05) is 54.7 Å². The number of carbonyl (C=O) groups is 2. The lowest BCUT2D eigenvalue weighted by Crippen LogP contribution is -2.47. The van der Waals surface area contributed by atoms with E-state index in [2.05, 4.69) is 21.7 Å². The van der Waals surface area contributed by atoms with Crippen LogP contribution in [0.1, 0.15) is 40.5 Å². The second-order valence-electron chi connectivity index (χ2n) is 8.14. The quantitative estimate of drug-likeness (QED) is 0.592. The molecule has 1 aromatic heterocycles. The minimum absolute atomic E-state index is 0.173. The fraction of sp³-hybridized carbons (Fsp3) is 0.320. The SMILES string of the molecule is CCCCN1C(=O)c2cccc3c(N4CCN(c5ccccn5)CC4)ccc(c23)C1=O. The molecule has 158 valence electrons. The number of hydrogen-bond donors (Lipinski definition) is 0. The first-order chi connectivity index (χ1) is 15.2. The molecule has 31 heavy (non-hydrogen) atoms. The van der Waals surface area contributed by atoms with E-state index >= 15 is 0 Å². The number of nitrogens with zero attached hydrogens (tertiary/aromatic N) is 4. The third kappa shape index (κ3) is 3.32. The van der Waals surface area contributed by atoms with E-state index in [0.717, 1.165) is 61.3 Å². The van der Waals surface area contributed by atoms with E-state index in [0.29, 0.717) is 17.7 Å². The summed E-state index contributed by atoms with van der Waals surface area (Å²) in [5.74, 6) is 0.657. The normalized spacial score (nSPS) is 16.4. The number of hydrogen-bond acceptors (Lipinski definition) is 5. The van der Waals surface area contributed by atoms with Crippen molar-refractivity contribution in [3.8, 4) is 0 Å². The summed E-state index contributed by atoms with van der Waals surface area (Å²) in [5, 5.41) is 1.79. The molecule has 6 nitrogen and oxygen atoms in total. The average molecular weight is 415 g/mol. The number of imide groups is 1. The Morgan fingerprint density at radius 2 is 1.58 bits per heavy atom. The number of aromatic nitrogens is 1. The molecule has 0 N–H and O–H groups in total. The number of benzene rings is 2. The van der Waals surface area contributed by atoms with Crippen LogP contribution in [0.2, 0.25) is 0 Å². The topological polar surface area (TPSA) is 56.8 Å². The number of carbonyl (C=O) groups excluding carboxylic acids is 2. The fourth-order valence-corrected chi connectivity index (χ4v) is 4.64. The zero-order chi connectivity index (χ0) is 21.4. The Morgan fingerprint density at radius 1 is 0.839 bits per heavy atom. The first-order valence-electron chi connectivity index (χ1n) is 11.0. The molecular formula is C25H26N4O2. The van der Waals surface area contributed by atoms with Gasteiger partial charge in [-0.1, -0.05) is 31.5 Å². The van der Waals surface area contributed by atoms with Gasteiger partial charge in [-0.3, -0.25) is 14.5 Å². The van der Waals surface area contributed by atoms with Gasteiger partial charge in [0.25, 0.3) is 11.8 Å². The highest BCUT2D eigenvalue weighted by Crippen LogP contribution is 2.36. The Balaban J connectivity index is 1.47. The summed E-state index contributed by atoms with van der Waals surface area (Å²) in [7, 11) is 0. The van der Waals surface area contributed by atoms with E-state index in [1.54, 1.807) is 0 Å². The minimum Gasteiger partial charge on any atom is -0.367 e. The van der Waals surface area contributed by atoms with Gasteiger partial charge in [0.15, 0.2) is 0 Å². The van der Waals surface area contributed by atoms with Gasteiger partial charge in [-0.05, 0) is 36.8 Å². The number of amides is 2. The maximum atomic E-state index is 13.1. The van der Waals surface area contributed by atoms with Gasteiger partial charge in [0.1, 0.15) is 5.82 Å². The van der Waals surface area contributed by atoms with Gasteiger partial charge in [-0.25, -0.2) is 4.98 Å². The van der Waals surface area contributed by atoms with Crippen molar-refractivity contribution in [3.63, 3.8) is 0 Å². The highest BCUT2D eigenvalue weighted by Gasteiger charge is 2.33. The van der Waals surface area contributed by atoms with Gasteiger partial charge in [0.05, 0.1) is 0 Å². The van der Waals surface area contributed by atoms with Crippen molar-refractivity contribution < 1.29 is 9.59 Å². The van der Waals surface area contributed by atoms with Crippen LogP contribution in [0.15, 0.2) is 54.7 Å². The predicted octanol–water partition coefficient (Wildman–Crippen LogP) is 3.96. The van der Waals surface area contributed by atoms with Crippen LogP contribution in [0.25, 0.3) is 10.8 Å². The molecule has 0 bridgehead atoms. The van der Waals surface area contributed by atoms with Crippen molar-refractivity contribution in [2.75, 3.05) is 42.5 Å². The molecule has 1 fully saturated rings. The van der Waals surface area contributed by atoms with Crippen molar-refractivity contribution in [3.05, 3.63) is 65.9 Å². The first-order valence-corrected chi connectivity index (χ1v) is 11.0. The van der Waals surface area contributed by atoms with Crippen molar-refractivity contribution in [2.24, 2.45) is 0 Å². The van der Waals surface area contributed by atoms with Crippen molar-refractivity contribution >= 4 is 34.1 Å². The third-order valence-corrected chi connectivity index (χ3v) is 6.30. The van der Waals surface area contributed by atoms with E-state index < -0.39 is 0 Å². The Kier molecular flexibility index (Phi) is 5.06. The van der Waals surface area contributed by atoms with Gasteiger partial charge < -0.3 is 9.80 Å². The summed E-state index contributed by atoms with van der Waals surface area (Å²) < 4.78 is 0. The van der Waals surface area contributed by atoms with Gasteiger partial charge in [0, 0.05) is 66.5 Å². The molecule has 0 spiro atoms. The lowest BCUT2D eigenvalue weighted by molar-refractivity contribution is 0.0608. The Bertz CT molecular complexity index is 1110. The molecule has 0 unspecified atom stereocenters. The molecule has 2 aliphatic heterocycles. The molecule has 2 aromatic carbocycles. The van der Waals surface area contributed by atoms with Crippen LogP contribution < -0.4 is 9.80 Å². The zero-order valence-electron chi connectivity index (χ0n) is 17.8. The molecule has 5 rings (SSSR count). The van der Waals surface area contributed by atoms with E-state index in [4.69, 9.17) is 0 Å². The largest absolute Gasteiger partial charge is 0.367 e. The molecule has 0 saturated carbocycles. The molecule has 2 aliphatic rings. The summed E-state index contributed by atoms with van der Waals surface area (Å²) >= 11 is 0. The smallest absolute Gasteiger partial charge is 0.261 e. The van der Waals surface area contributed by atoms with Crippen LogP contribution in [-0.4, -0.2) is 54.4 Å².